The molecular weight excluding hydrogens is 326 g/mol. The van der Waals surface area contributed by atoms with E-state index in [0.29, 0.717) is 25.1 Å². The summed E-state index contributed by atoms with van der Waals surface area (Å²) in [7, 11) is 0. The lowest BCUT2D eigenvalue weighted by atomic mass is 10.0. The number of hydrogen-bond acceptors (Lipinski definition) is 3. The van der Waals surface area contributed by atoms with Crippen molar-refractivity contribution in [3.63, 3.8) is 0 Å². The van der Waals surface area contributed by atoms with Crippen LogP contribution in [-0.4, -0.2) is 24.1 Å². The van der Waals surface area contributed by atoms with Crippen molar-refractivity contribution in [2.75, 3.05) is 16.5 Å². The van der Waals surface area contributed by atoms with E-state index in [1.165, 1.54) is 10.6 Å². The number of carbonyl (C=O) groups excluding carboxylic acids is 2. The van der Waals surface area contributed by atoms with Crippen LogP contribution in [0.5, 0.6) is 0 Å². The predicted octanol–water partition coefficient (Wildman–Crippen LogP) is 3.46. The van der Waals surface area contributed by atoms with Gasteiger partial charge in [-0.25, -0.2) is 5.01 Å². The van der Waals surface area contributed by atoms with Gasteiger partial charge in [0.2, 0.25) is 5.91 Å². The van der Waals surface area contributed by atoms with Gasteiger partial charge in [-0.05, 0) is 43.0 Å². The second kappa shape index (κ2) is 6.75. The normalized spacial score (nSPS) is 17.0. The van der Waals surface area contributed by atoms with Crippen LogP contribution in [0.25, 0.3) is 0 Å². The molecule has 0 aromatic heterocycles. The molecule has 2 aliphatic rings. The lowest BCUT2D eigenvalue weighted by Crippen LogP contribution is -2.43. The van der Waals surface area contributed by atoms with E-state index in [-0.39, 0.29) is 11.8 Å². The first-order valence-corrected chi connectivity index (χ1v) is 9.01. The molecule has 132 valence electrons. The van der Waals surface area contributed by atoms with Crippen molar-refractivity contribution in [2.45, 2.75) is 32.6 Å². The lowest BCUT2D eigenvalue weighted by molar-refractivity contribution is -0.118. The number of anilines is 2. The Bertz CT molecular complexity index is 904. The first-order chi connectivity index (χ1) is 12.6. The third kappa shape index (κ3) is 2.90. The van der Waals surface area contributed by atoms with Gasteiger partial charge < -0.3 is 4.90 Å². The van der Waals surface area contributed by atoms with E-state index in [9.17, 15) is 9.59 Å². The highest BCUT2D eigenvalue weighted by atomic mass is 16.2. The Morgan fingerprint density at radius 1 is 0.962 bits per heavy atom. The number of hydrogen-bond donors (Lipinski definition) is 0. The quantitative estimate of drug-likeness (QED) is 0.835. The smallest absolute Gasteiger partial charge is 0.274 e. The van der Waals surface area contributed by atoms with Gasteiger partial charge in [0.15, 0.2) is 0 Å². The fourth-order valence-electron chi connectivity index (χ4n) is 3.60. The fourth-order valence-corrected chi connectivity index (χ4v) is 3.60. The summed E-state index contributed by atoms with van der Waals surface area (Å²) in [5, 5.41) is 5.84. The van der Waals surface area contributed by atoms with Crippen LogP contribution in [0.1, 0.15) is 30.4 Å². The van der Waals surface area contributed by atoms with Crippen LogP contribution >= 0.6 is 0 Å². The molecule has 4 rings (SSSR count). The Kier molecular flexibility index (Phi) is 4.29. The number of carbonyl (C=O) groups is 2. The fraction of sp³-hybridized carbons (Fsp3) is 0.286. The molecule has 2 amide bonds. The monoisotopic (exact) mass is 347 g/mol. The standard InChI is InChI=1S/C21H21N3O2/c1-15-7-2-4-10-18(15)24-20(25)13-12-17(22-24)21(26)23-14-6-9-16-8-3-5-11-19(16)23/h2-5,7-8,10-11H,6,9,12-14H2,1H3. The second-order valence-electron chi connectivity index (χ2n) is 6.73. The molecule has 0 spiro atoms. The Morgan fingerprint density at radius 2 is 1.69 bits per heavy atom. The van der Waals surface area contributed by atoms with E-state index in [2.05, 4.69) is 11.2 Å². The highest BCUT2D eigenvalue weighted by Crippen LogP contribution is 2.29. The zero-order valence-electron chi connectivity index (χ0n) is 14.8. The largest absolute Gasteiger partial charge is 0.307 e. The van der Waals surface area contributed by atoms with E-state index in [0.717, 1.165) is 29.8 Å². The number of fused-ring (bicyclic) bond motifs is 1. The Labute approximate surface area is 152 Å². The summed E-state index contributed by atoms with van der Waals surface area (Å²) < 4.78 is 0. The molecule has 0 atom stereocenters. The number of hydrazone groups is 1. The zero-order valence-corrected chi connectivity index (χ0v) is 14.8. The summed E-state index contributed by atoms with van der Waals surface area (Å²) >= 11 is 0. The van der Waals surface area contributed by atoms with Gasteiger partial charge in [-0.3, -0.25) is 9.59 Å². The second-order valence-corrected chi connectivity index (χ2v) is 6.73. The number of para-hydroxylation sites is 2. The maximum Gasteiger partial charge on any atom is 0.274 e. The minimum Gasteiger partial charge on any atom is -0.307 e. The lowest BCUT2D eigenvalue weighted by Gasteiger charge is -2.31. The Balaban J connectivity index is 1.67. The van der Waals surface area contributed by atoms with Crippen LogP contribution in [0, 0.1) is 6.92 Å². The third-order valence-corrected chi connectivity index (χ3v) is 4.98. The van der Waals surface area contributed by atoms with E-state index in [1.807, 2.05) is 54.3 Å². The summed E-state index contributed by atoms with van der Waals surface area (Å²) in [6.45, 7) is 2.63. The summed E-state index contributed by atoms with van der Waals surface area (Å²) in [5.41, 5.74) is 4.30. The van der Waals surface area contributed by atoms with Crippen molar-refractivity contribution >= 4 is 28.9 Å². The van der Waals surface area contributed by atoms with Gasteiger partial charge in [0, 0.05) is 25.1 Å². The average Bonchev–Trinajstić information content (AvgIpc) is 2.68. The molecule has 0 fully saturated rings. The molecule has 2 aliphatic heterocycles. The molecule has 2 aromatic carbocycles. The van der Waals surface area contributed by atoms with E-state index in [4.69, 9.17) is 0 Å². The van der Waals surface area contributed by atoms with Crippen LogP contribution in [-0.2, 0) is 16.0 Å². The van der Waals surface area contributed by atoms with Crippen LogP contribution < -0.4 is 9.91 Å². The third-order valence-electron chi connectivity index (χ3n) is 4.98. The van der Waals surface area contributed by atoms with Gasteiger partial charge in [-0.1, -0.05) is 36.4 Å². The first-order valence-electron chi connectivity index (χ1n) is 9.01. The number of benzene rings is 2. The zero-order chi connectivity index (χ0) is 18.1. The highest BCUT2D eigenvalue weighted by Gasteiger charge is 2.31. The van der Waals surface area contributed by atoms with E-state index < -0.39 is 0 Å². The van der Waals surface area contributed by atoms with Crippen molar-refractivity contribution in [3.05, 3.63) is 59.7 Å². The van der Waals surface area contributed by atoms with E-state index >= 15 is 0 Å². The number of aryl methyl sites for hydroxylation is 2. The molecule has 2 aromatic rings. The topological polar surface area (TPSA) is 53.0 Å². The number of nitrogens with zero attached hydrogens (tertiary/aromatic N) is 3. The maximum absolute atomic E-state index is 13.1. The molecule has 0 bridgehead atoms. The summed E-state index contributed by atoms with van der Waals surface area (Å²) in [6.07, 6.45) is 2.61. The molecule has 5 heteroatoms. The van der Waals surface area contributed by atoms with Crippen LogP contribution in [0.15, 0.2) is 53.6 Å². The minimum atomic E-state index is -0.0942. The Morgan fingerprint density at radius 3 is 2.50 bits per heavy atom. The predicted molar refractivity (Wildman–Crippen MR) is 102 cm³/mol. The molecule has 0 radical (unpaired) electrons. The van der Waals surface area contributed by atoms with Gasteiger partial charge in [-0.2, -0.15) is 5.10 Å². The first kappa shape index (κ1) is 16.5. The maximum atomic E-state index is 13.1. The van der Waals surface area contributed by atoms with Gasteiger partial charge >= 0.3 is 0 Å². The van der Waals surface area contributed by atoms with Crippen molar-refractivity contribution in [1.29, 1.82) is 0 Å². The molecule has 2 heterocycles. The van der Waals surface area contributed by atoms with Gasteiger partial charge in [0.05, 0.1) is 5.69 Å². The molecular formula is C21H21N3O2. The van der Waals surface area contributed by atoms with Crippen LogP contribution in [0.2, 0.25) is 0 Å². The Hall–Kier alpha value is -2.95. The van der Waals surface area contributed by atoms with Crippen LogP contribution in [0.4, 0.5) is 11.4 Å². The van der Waals surface area contributed by atoms with E-state index in [1.54, 1.807) is 0 Å². The molecule has 0 N–H and O–H groups in total. The molecule has 26 heavy (non-hydrogen) atoms. The number of amides is 2. The summed E-state index contributed by atoms with van der Waals surface area (Å²) in [4.78, 5) is 27.3. The average molecular weight is 347 g/mol. The molecule has 0 aliphatic carbocycles. The van der Waals surface area contributed by atoms with Crippen molar-refractivity contribution in [3.8, 4) is 0 Å². The molecule has 5 nitrogen and oxygen atoms in total. The highest BCUT2D eigenvalue weighted by molar-refractivity contribution is 6.44. The summed E-state index contributed by atoms with van der Waals surface area (Å²) in [5.74, 6) is -0.168. The molecule has 0 unspecified atom stereocenters. The van der Waals surface area contributed by atoms with Crippen molar-refractivity contribution in [2.24, 2.45) is 5.10 Å². The minimum absolute atomic E-state index is 0.0742. The molecule has 0 saturated carbocycles. The van der Waals surface area contributed by atoms with Crippen LogP contribution in [0.3, 0.4) is 0 Å². The van der Waals surface area contributed by atoms with Gasteiger partial charge in [-0.15, -0.1) is 0 Å². The van der Waals surface area contributed by atoms with Gasteiger partial charge in [0.1, 0.15) is 5.71 Å². The number of rotatable bonds is 2. The van der Waals surface area contributed by atoms with Crippen molar-refractivity contribution < 1.29 is 9.59 Å². The van der Waals surface area contributed by atoms with Gasteiger partial charge in [0.25, 0.3) is 5.91 Å². The molecule has 0 saturated heterocycles. The summed E-state index contributed by atoms with van der Waals surface area (Å²) in [6, 6.07) is 15.6. The SMILES string of the molecule is Cc1ccccc1N1N=C(C(=O)N2CCCc3ccccc32)CCC1=O. The van der Waals surface area contributed by atoms with Crippen molar-refractivity contribution in [1.82, 2.24) is 0 Å².